The number of amides is 1. The lowest BCUT2D eigenvalue weighted by molar-refractivity contribution is 0.0972. The Hall–Kier alpha value is -3.28. The molecule has 1 unspecified atom stereocenters. The van der Waals surface area contributed by atoms with E-state index in [1.54, 1.807) is 6.07 Å². The van der Waals surface area contributed by atoms with Crippen LogP contribution in [0.3, 0.4) is 0 Å². The summed E-state index contributed by atoms with van der Waals surface area (Å²) in [6.45, 7) is 2.78. The highest BCUT2D eigenvalue weighted by atomic mass is 16.5. The van der Waals surface area contributed by atoms with Crippen molar-refractivity contribution in [2.45, 2.75) is 32.1 Å². The number of guanidine groups is 1. The molecular weight excluding hydrogens is 364 g/mol. The quantitative estimate of drug-likeness (QED) is 0.396. The first-order valence-corrected chi connectivity index (χ1v) is 9.95. The second-order valence-corrected chi connectivity index (χ2v) is 7.03. The molecule has 3 aromatic rings. The molecule has 1 atom stereocenters. The van der Waals surface area contributed by atoms with Crippen LogP contribution in [0.25, 0.3) is 10.9 Å². The summed E-state index contributed by atoms with van der Waals surface area (Å²) >= 11 is 0. The fourth-order valence-electron chi connectivity index (χ4n) is 3.32. The summed E-state index contributed by atoms with van der Waals surface area (Å²) in [6, 6.07) is 18.0. The summed E-state index contributed by atoms with van der Waals surface area (Å²) in [6.07, 6.45) is 3.38. The maximum absolute atomic E-state index is 12.3. The Morgan fingerprint density at radius 3 is 2.72 bits per heavy atom. The third-order valence-electron chi connectivity index (χ3n) is 4.96. The number of nitrogens with two attached hydrogens (primary N) is 1. The van der Waals surface area contributed by atoms with Gasteiger partial charge in [-0.3, -0.25) is 15.1 Å². The van der Waals surface area contributed by atoms with Gasteiger partial charge in [0.2, 0.25) is 0 Å². The van der Waals surface area contributed by atoms with Crippen LogP contribution in [0.1, 0.15) is 48.2 Å². The van der Waals surface area contributed by atoms with Crippen LogP contribution in [0.4, 0.5) is 0 Å². The molecule has 3 rings (SSSR count). The number of para-hydroxylation sites is 1. The van der Waals surface area contributed by atoms with E-state index in [4.69, 9.17) is 10.5 Å². The molecule has 0 aliphatic rings. The van der Waals surface area contributed by atoms with Gasteiger partial charge in [-0.25, -0.2) is 0 Å². The minimum Gasteiger partial charge on any atom is -0.491 e. The monoisotopic (exact) mass is 392 g/mol. The number of benzene rings is 2. The molecule has 2 aromatic carbocycles. The number of aromatic nitrogens is 1. The molecule has 6 heteroatoms. The highest BCUT2D eigenvalue weighted by Gasteiger charge is 2.15. The third-order valence-corrected chi connectivity index (χ3v) is 4.96. The van der Waals surface area contributed by atoms with Crippen molar-refractivity contribution >= 4 is 22.8 Å². The Kier molecular flexibility index (Phi) is 6.89. The van der Waals surface area contributed by atoms with Gasteiger partial charge in [0.25, 0.3) is 5.91 Å². The van der Waals surface area contributed by atoms with Crippen LogP contribution in [0.5, 0.6) is 5.75 Å². The van der Waals surface area contributed by atoms with Crippen molar-refractivity contribution in [3.8, 4) is 5.75 Å². The van der Waals surface area contributed by atoms with Crippen LogP contribution >= 0.6 is 0 Å². The number of hydrogen-bond donors (Lipinski definition) is 3. The van der Waals surface area contributed by atoms with Gasteiger partial charge in [0.05, 0.1) is 12.1 Å². The number of aliphatic imine (C=N–C) groups is 1. The normalized spacial score (nSPS) is 12.7. The number of hydrogen-bond acceptors (Lipinski definition) is 3. The van der Waals surface area contributed by atoms with Gasteiger partial charge in [-0.2, -0.15) is 0 Å². The zero-order chi connectivity index (χ0) is 20.6. The number of nitrogens with zero attached hydrogens (tertiary/aromatic N) is 1. The standard InChI is InChI=1S/C23H28N4O2/c1-3-4-9-18(16-10-6-5-7-11-16)15-29-20-13-8-12-17-14-19(26-21(17)20)22(28)27-23(24)25-2/h5-8,10-14,18,26H,3-4,9,15H2,1-2H3,(H3,24,25,27,28). The molecule has 152 valence electrons. The highest BCUT2D eigenvalue weighted by molar-refractivity contribution is 6.06. The predicted molar refractivity (Wildman–Crippen MR) is 118 cm³/mol. The van der Waals surface area contributed by atoms with E-state index in [2.05, 4.69) is 46.5 Å². The molecule has 29 heavy (non-hydrogen) atoms. The first-order chi connectivity index (χ1) is 14.1. The number of fused-ring (bicyclic) bond motifs is 1. The average molecular weight is 393 g/mol. The molecule has 0 saturated carbocycles. The van der Waals surface area contributed by atoms with Gasteiger partial charge in [-0.05, 0) is 24.1 Å². The van der Waals surface area contributed by atoms with E-state index in [1.807, 2.05) is 24.3 Å². The van der Waals surface area contributed by atoms with Crippen molar-refractivity contribution in [1.82, 2.24) is 10.3 Å². The molecule has 0 bridgehead atoms. The van der Waals surface area contributed by atoms with Crippen LogP contribution in [0, 0.1) is 0 Å². The number of rotatable bonds is 8. The Bertz CT molecular complexity index is 979. The number of carbonyl (C=O) groups is 1. The largest absolute Gasteiger partial charge is 0.491 e. The zero-order valence-corrected chi connectivity index (χ0v) is 16.9. The third kappa shape index (κ3) is 5.16. The topological polar surface area (TPSA) is 92.5 Å². The van der Waals surface area contributed by atoms with E-state index in [-0.39, 0.29) is 11.9 Å². The molecule has 6 nitrogen and oxygen atoms in total. The molecule has 4 N–H and O–H groups in total. The lowest BCUT2D eigenvalue weighted by atomic mass is 9.94. The smallest absolute Gasteiger partial charge is 0.274 e. The predicted octanol–water partition coefficient (Wildman–Crippen LogP) is 4.20. The first kappa shape index (κ1) is 20.5. The zero-order valence-electron chi connectivity index (χ0n) is 16.9. The minimum absolute atomic E-state index is 0.0757. The Morgan fingerprint density at radius 2 is 2.00 bits per heavy atom. The van der Waals surface area contributed by atoms with Gasteiger partial charge < -0.3 is 15.5 Å². The lowest BCUT2D eigenvalue weighted by Crippen LogP contribution is -2.36. The highest BCUT2D eigenvalue weighted by Crippen LogP contribution is 2.29. The molecule has 0 spiro atoms. The van der Waals surface area contributed by atoms with Gasteiger partial charge in [-0.15, -0.1) is 0 Å². The van der Waals surface area contributed by atoms with E-state index < -0.39 is 0 Å². The SMILES string of the molecule is CCCCC(COc1cccc2cc(C(=O)NC(N)=NC)[nH]c12)c1ccccc1. The summed E-state index contributed by atoms with van der Waals surface area (Å²) in [5, 5.41) is 3.44. The molecule has 1 aromatic heterocycles. The van der Waals surface area contributed by atoms with Gasteiger partial charge in [0, 0.05) is 18.4 Å². The molecular formula is C23H28N4O2. The van der Waals surface area contributed by atoms with Crippen LogP contribution in [0.15, 0.2) is 59.6 Å². The molecule has 0 aliphatic heterocycles. The fourth-order valence-corrected chi connectivity index (χ4v) is 3.32. The van der Waals surface area contributed by atoms with E-state index >= 15 is 0 Å². The van der Waals surface area contributed by atoms with Crippen molar-refractivity contribution in [3.63, 3.8) is 0 Å². The van der Waals surface area contributed by atoms with Crippen LogP contribution in [-0.2, 0) is 0 Å². The van der Waals surface area contributed by atoms with Gasteiger partial charge in [0.1, 0.15) is 11.4 Å². The number of ether oxygens (including phenoxy) is 1. The summed E-state index contributed by atoms with van der Waals surface area (Å²) in [7, 11) is 1.52. The average Bonchev–Trinajstić information content (AvgIpc) is 3.19. The minimum atomic E-state index is -0.333. The summed E-state index contributed by atoms with van der Waals surface area (Å²) in [5.41, 5.74) is 8.09. The molecule has 1 amide bonds. The maximum atomic E-state index is 12.3. The number of carbonyl (C=O) groups excluding carboxylic acids is 1. The van der Waals surface area contributed by atoms with Crippen LogP contribution in [-0.4, -0.2) is 30.5 Å². The van der Waals surface area contributed by atoms with Crippen LogP contribution < -0.4 is 15.8 Å². The van der Waals surface area contributed by atoms with E-state index in [0.717, 1.165) is 35.9 Å². The van der Waals surface area contributed by atoms with Gasteiger partial charge >= 0.3 is 0 Å². The second kappa shape index (κ2) is 9.78. The van der Waals surface area contributed by atoms with Gasteiger partial charge in [-0.1, -0.05) is 62.2 Å². The molecule has 0 saturated heterocycles. The summed E-state index contributed by atoms with van der Waals surface area (Å²) in [4.78, 5) is 19.2. The summed E-state index contributed by atoms with van der Waals surface area (Å²) < 4.78 is 6.22. The van der Waals surface area contributed by atoms with E-state index in [9.17, 15) is 4.79 Å². The van der Waals surface area contributed by atoms with Crippen molar-refractivity contribution in [1.29, 1.82) is 0 Å². The Labute approximate surface area is 171 Å². The van der Waals surface area contributed by atoms with Crippen molar-refractivity contribution in [2.75, 3.05) is 13.7 Å². The van der Waals surface area contributed by atoms with E-state index in [0.29, 0.717) is 18.2 Å². The maximum Gasteiger partial charge on any atom is 0.274 e. The fraction of sp³-hybridized carbons (Fsp3) is 0.304. The Morgan fingerprint density at radius 1 is 1.21 bits per heavy atom. The number of nitrogens with one attached hydrogen (secondary N) is 2. The van der Waals surface area contributed by atoms with E-state index in [1.165, 1.54) is 12.6 Å². The van der Waals surface area contributed by atoms with Gasteiger partial charge in [0.15, 0.2) is 5.96 Å². The van der Waals surface area contributed by atoms with Crippen LogP contribution in [0.2, 0.25) is 0 Å². The number of aromatic amines is 1. The summed E-state index contributed by atoms with van der Waals surface area (Å²) in [5.74, 6) is 0.799. The number of H-pyrrole nitrogens is 1. The van der Waals surface area contributed by atoms with Crippen molar-refractivity contribution in [3.05, 3.63) is 65.9 Å². The van der Waals surface area contributed by atoms with Crippen molar-refractivity contribution < 1.29 is 9.53 Å². The van der Waals surface area contributed by atoms with Crippen molar-refractivity contribution in [2.24, 2.45) is 10.7 Å². The number of unbranched alkanes of at least 4 members (excludes halogenated alkanes) is 1. The second-order valence-electron chi connectivity index (χ2n) is 7.03. The molecule has 1 heterocycles. The lowest BCUT2D eigenvalue weighted by Gasteiger charge is -2.18. The molecule has 0 fully saturated rings. The molecule has 0 radical (unpaired) electrons. The first-order valence-electron chi connectivity index (χ1n) is 9.95. The molecule has 0 aliphatic carbocycles. The Balaban J connectivity index is 1.79.